The summed E-state index contributed by atoms with van der Waals surface area (Å²) in [5.41, 5.74) is 7.74. The number of amides is 2. The van der Waals surface area contributed by atoms with E-state index in [4.69, 9.17) is 5.73 Å². The van der Waals surface area contributed by atoms with Crippen LogP contribution in [0.4, 0.5) is 5.00 Å². The highest BCUT2D eigenvalue weighted by Gasteiger charge is 2.33. The molecule has 3 N–H and O–H groups in total. The van der Waals surface area contributed by atoms with Gasteiger partial charge < -0.3 is 11.1 Å². The third-order valence-electron chi connectivity index (χ3n) is 4.93. The fourth-order valence-electron chi connectivity index (χ4n) is 3.39. The van der Waals surface area contributed by atoms with Crippen LogP contribution >= 0.6 is 27.3 Å². The van der Waals surface area contributed by atoms with Gasteiger partial charge in [-0.2, -0.15) is 0 Å². The molecule has 2 aromatic heterocycles. The van der Waals surface area contributed by atoms with Crippen molar-refractivity contribution in [3.8, 4) is 0 Å². The van der Waals surface area contributed by atoms with Gasteiger partial charge in [0.1, 0.15) is 5.00 Å². The van der Waals surface area contributed by atoms with Gasteiger partial charge in [0.2, 0.25) is 0 Å². The van der Waals surface area contributed by atoms with Gasteiger partial charge in [-0.1, -0.05) is 20.8 Å². The lowest BCUT2D eigenvalue weighted by atomic mass is 9.72. The molecule has 1 atom stereocenters. The molecule has 1 aliphatic rings. The van der Waals surface area contributed by atoms with Crippen molar-refractivity contribution < 1.29 is 9.59 Å². The SMILES string of the molecule is CC(C)(C)C1CCc2c(sc(NC(=O)c3cncc(Br)c3)c2C(N)=O)C1. The maximum atomic E-state index is 12.6. The summed E-state index contributed by atoms with van der Waals surface area (Å²) in [6.45, 7) is 6.73. The molecule has 0 radical (unpaired) electrons. The van der Waals surface area contributed by atoms with E-state index in [2.05, 4.69) is 47.0 Å². The third kappa shape index (κ3) is 3.83. The van der Waals surface area contributed by atoms with Crippen molar-refractivity contribution in [2.24, 2.45) is 17.1 Å². The van der Waals surface area contributed by atoms with E-state index in [1.807, 2.05) is 0 Å². The monoisotopic (exact) mass is 435 g/mol. The number of carbonyl (C=O) groups is 2. The van der Waals surface area contributed by atoms with E-state index >= 15 is 0 Å². The van der Waals surface area contributed by atoms with Gasteiger partial charge in [0.25, 0.3) is 11.8 Å². The fourth-order valence-corrected chi connectivity index (χ4v) is 5.08. The lowest BCUT2D eigenvalue weighted by Gasteiger charge is -2.33. The molecule has 2 aromatic rings. The zero-order chi connectivity index (χ0) is 19.1. The second kappa shape index (κ2) is 7.12. The number of nitrogens with zero attached hydrogens (tertiary/aromatic N) is 1. The third-order valence-corrected chi connectivity index (χ3v) is 6.53. The van der Waals surface area contributed by atoms with Gasteiger partial charge in [-0.25, -0.2) is 0 Å². The average molecular weight is 436 g/mol. The maximum Gasteiger partial charge on any atom is 0.257 e. The largest absolute Gasteiger partial charge is 0.365 e. The van der Waals surface area contributed by atoms with E-state index in [9.17, 15) is 9.59 Å². The molecule has 5 nitrogen and oxygen atoms in total. The van der Waals surface area contributed by atoms with E-state index in [1.165, 1.54) is 17.5 Å². The topological polar surface area (TPSA) is 85.1 Å². The molecule has 0 aliphatic heterocycles. The zero-order valence-electron chi connectivity index (χ0n) is 15.1. The second-order valence-electron chi connectivity index (χ2n) is 7.72. The molecule has 26 heavy (non-hydrogen) atoms. The fraction of sp³-hybridized carbons (Fsp3) is 0.421. The Morgan fingerprint density at radius 1 is 1.35 bits per heavy atom. The van der Waals surface area contributed by atoms with Crippen LogP contribution in [0.5, 0.6) is 0 Å². The smallest absolute Gasteiger partial charge is 0.257 e. The summed E-state index contributed by atoms with van der Waals surface area (Å²) >= 11 is 4.78. The van der Waals surface area contributed by atoms with Gasteiger partial charge in [0, 0.05) is 21.7 Å². The Kier molecular flexibility index (Phi) is 5.21. The van der Waals surface area contributed by atoms with E-state index in [0.29, 0.717) is 22.0 Å². The summed E-state index contributed by atoms with van der Waals surface area (Å²) in [5.74, 6) is -0.237. The van der Waals surface area contributed by atoms with Crippen LogP contribution in [0.3, 0.4) is 0 Å². The summed E-state index contributed by atoms with van der Waals surface area (Å²) in [6.07, 6.45) is 5.87. The number of nitrogens with one attached hydrogen (secondary N) is 1. The van der Waals surface area contributed by atoms with Crippen molar-refractivity contribution in [2.75, 3.05) is 5.32 Å². The Morgan fingerprint density at radius 2 is 2.08 bits per heavy atom. The highest BCUT2D eigenvalue weighted by atomic mass is 79.9. The van der Waals surface area contributed by atoms with Crippen LogP contribution in [0.2, 0.25) is 0 Å². The first-order chi connectivity index (χ1) is 12.2. The summed E-state index contributed by atoms with van der Waals surface area (Å²) in [7, 11) is 0. The Bertz CT molecular complexity index is 870. The van der Waals surface area contributed by atoms with Crippen molar-refractivity contribution in [1.82, 2.24) is 4.98 Å². The van der Waals surface area contributed by atoms with E-state index in [1.54, 1.807) is 12.3 Å². The number of anilines is 1. The van der Waals surface area contributed by atoms with Crippen LogP contribution < -0.4 is 11.1 Å². The normalized spacial score (nSPS) is 16.8. The molecule has 0 aromatic carbocycles. The van der Waals surface area contributed by atoms with Gasteiger partial charge in [0.05, 0.1) is 11.1 Å². The number of halogens is 1. The first-order valence-corrected chi connectivity index (χ1v) is 10.1. The second-order valence-corrected chi connectivity index (χ2v) is 9.74. The molecule has 2 amide bonds. The number of rotatable bonds is 3. The van der Waals surface area contributed by atoms with Gasteiger partial charge in [0.15, 0.2) is 0 Å². The Balaban J connectivity index is 1.92. The molecular weight excluding hydrogens is 414 g/mol. The minimum absolute atomic E-state index is 0.208. The number of thiophene rings is 1. The van der Waals surface area contributed by atoms with Gasteiger partial charge >= 0.3 is 0 Å². The van der Waals surface area contributed by atoms with Gasteiger partial charge in [-0.05, 0) is 58.2 Å². The summed E-state index contributed by atoms with van der Waals surface area (Å²) in [6, 6.07) is 1.69. The predicted molar refractivity (Wildman–Crippen MR) is 108 cm³/mol. The summed E-state index contributed by atoms with van der Waals surface area (Å²) in [4.78, 5) is 29.8. The van der Waals surface area contributed by atoms with Crippen LogP contribution in [0.15, 0.2) is 22.9 Å². The summed E-state index contributed by atoms with van der Waals surface area (Å²) < 4.78 is 0.721. The van der Waals surface area contributed by atoms with Crippen LogP contribution in [-0.4, -0.2) is 16.8 Å². The number of pyridine rings is 1. The van der Waals surface area contributed by atoms with Crippen molar-refractivity contribution in [1.29, 1.82) is 0 Å². The number of nitrogens with two attached hydrogens (primary N) is 1. The Morgan fingerprint density at radius 3 is 2.69 bits per heavy atom. The quantitative estimate of drug-likeness (QED) is 0.748. The molecular formula is C19H22BrN3O2S. The molecule has 1 aliphatic carbocycles. The first-order valence-electron chi connectivity index (χ1n) is 8.53. The molecule has 0 fully saturated rings. The Labute approximate surface area is 165 Å². The van der Waals surface area contributed by atoms with Crippen LogP contribution in [0, 0.1) is 11.3 Å². The number of fused-ring (bicyclic) bond motifs is 1. The minimum atomic E-state index is -0.487. The molecule has 3 rings (SSSR count). The molecule has 0 saturated carbocycles. The lowest BCUT2D eigenvalue weighted by molar-refractivity contribution is 0.1000. The van der Waals surface area contributed by atoms with Crippen molar-refractivity contribution in [3.05, 3.63) is 44.5 Å². The molecule has 138 valence electrons. The summed E-state index contributed by atoms with van der Waals surface area (Å²) in [5, 5.41) is 3.41. The minimum Gasteiger partial charge on any atom is -0.365 e. The van der Waals surface area contributed by atoms with E-state index < -0.39 is 5.91 Å². The molecule has 2 heterocycles. The van der Waals surface area contributed by atoms with E-state index in [0.717, 1.165) is 34.2 Å². The number of carbonyl (C=O) groups excluding carboxylic acids is 2. The molecule has 0 spiro atoms. The highest BCUT2D eigenvalue weighted by Crippen LogP contribution is 2.44. The predicted octanol–water partition coefficient (Wildman–Crippen LogP) is 4.41. The molecule has 1 unspecified atom stereocenters. The van der Waals surface area contributed by atoms with Crippen LogP contribution in [0.1, 0.15) is 58.3 Å². The zero-order valence-corrected chi connectivity index (χ0v) is 17.5. The Hall–Kier alpha value is -1.73. The molecule has 0 saturated heterocycles. The van der Waals surface area contributed by atoms with Gasteiger partial charge in [-0.3, -0.25) is 14.6 Å². The average Bonchev–Trinajstić information content (AvgIpc) is 2.91. The van der Waals surface area contributed by atoms with E-state index in [-0.39, 0.29) is 11.3 Å². The number of primary amides is 1. The van der Waals surface area contributed by atoms with Crippen molar-refractivity contribution in [3.63, 3.8) is 0 Å². The van der Waals surface area contributed by atoms with Crippen LogP contribution in [-0.2, 0) is 12.8 Å². The molecule has 7 heteroatoms. The first kappa shape index (κ1) is 19.0. The maximum absolute atomic E-state index is 12.6. The van der Waals surface area contributed by atoms with Gasteiger partial charge in [-0.15, -0.1) is 11.3 Å². The number of hydrogen-bond donors (Lipinski definition) is 2. The van der Waals surface area contributed by atoms with Crippen molar-refractivity contribution in [2.45, 2.75) is 40.0 Å². The number of aromatic nitrogens is 1. The standard InChI is InChI=1S/C19H22BrN3O2S/c1-19(2,3)11-4-5-13-14(7-11)26-18(15(13)16(21)24)23-17(25)10-6-12(20)9-22-8-10/h6,8-9,11H,4-5,7H2,1-3H3,(H2,21,24)(H,23,25). The van der Waals surface area contributed by atoms with Crippen LogP contribution in [0.25, 0.3) is 0 Å². The lowest BCUT2D eigenvalue weighted by Crippen LogP contribution is -2.27. The number of hydrogen-bond acceptors (Lipinski definition) is 4. The highest BCUT2D eigenvalue weighted by molar-refractivity contribution is 9.10. The van der Waals surface area contributed by atoms with Crippen molar-refractivity contribution >= 4 is 44.1 Å². The molecule has 0 bridgehead atoms.